The number of benzene rings is 1. The van der Waals surface area contributed by atoms with Gasteiger partial charge in [0.05, 0.1) is 15.6 Å². The molecule has 1 unspecified atom stereocenters. The minimum Gasteiger partial charge on any atom is -0.328 e. The molecule has 84 valence electrons. The van der Waals surface area contributed by atoms with Crippen LogP contribution < -0.4 is 5.73 Å². The minimum absolute atomic E-state index is 0.0860. The maximum Gasteiger partial charge on any atom is 0.0906 e. The van der Waals surface area contributed by atoms with Gasteiger partial charge in [0.2, 0.25) is 0 Å². The van der Waals surface area contributed by atoms with Crippen molar-refractivity contribution in [1.29, 1.82) is 0 Å². The van der Waals surface area contributed by atoms with Gasteiger partial charge in [-0.3, -0.25) is 4.98 Å². The van der Waals surface area contributed by atoms with Crippen molar-refractivity contribution in [3.8, 4) is 0 Å². The smallest absolute Gasteiger partial charge is 0.0906 e. The fraction of sp³-hybridized carbons (Fsp3) is 0.250. The second kappa shape index (κ2) is 4.58. The molecule has 0 aliphatic rings. The Kier molecular flexibility index (Phi) is 3.33. The molecular formula is C12H12Cl2N2. The number of halogens is 2. The summed E-state index contributed by atoms with van der Waals surface area (Å²) in [6.45, 7) is 1.95. The van der Waals surface area contributed by atoms with Gasteiger partial charge >= 0.3 is 0 Å². The molecule has 1 atom stereocenters. The standard InChI is InChI=1S/C12H12Cl2N2/c1-7(15)6-8-2-3-9-10(13)4-5-11(14)12(9)16-8/h2-5,7H,6,15H2,1H3. The molecule has 1 aromatic heterocycles. The summed E-state index contributed by atoms with van der Waals surface area (Å²) >= 11 is 12.1. The van der Waals surface area contributed by atoms with Gasteiger partial charge < -0.3 is 5.73 Å². The minimum atomic E-state index is 0.0860. The molecule has 4 heteroatoms. The molecule has 1 heterocycles. The maximum absolute atomic E-state index is 6.09. The van der Waals surface area contributed by atoms with Crippen molar-refractivity contribution in [2.75, 3.05) is 0 Å². The van der Waals surface area contributed by atoms with Gasteiger partial charge in [-0.15, -0.1) is 0 Å². The summed E-state index contributed by atoms with van der Waals surface area (Å²) in [5.74, 6) is 0. The van der Waals surface area contributed by atoms with Crippen molar-refractivity contribution in [3.05, 3.63) is 40.0 Å². The van der Waals surface area contributed by atoms with Crippen molar-refractivity contribution >= 4 is 34.1 Å². The van der Waals surface area contributed by atoms with Crippen LogP contribution in [0.2, 0.25) is 10.0 Å². The van der Waals surface area contributed by atoms with E-state index >= 15 is 0 Å². The number of rotatable bonds is 2. The summed E-state index contributed by atoms with van der Waals surface area (Å²) < 4.78 is 0. The summed E-state index contributed by atoms with van der Waals surface area (Å²) in [6.07, 6.45) is 0.735. The number of nitrogens with zero attached hydrogens (tertiary/aromatic N) is 1. The molecule has 0 aliphatic carbocycles. The first-order chi connectivity index (χ1) is 7.58. The lowest BCUT2D eigenvalue weighted by atomic mass is 10.1. The molecule has 2 nitrogen and oxygen atoms in total. The van der Waals surface area contributed by atoms with Crippen molar-refractivity contribution in [2.24, 2.45) is 5.73 Å². The Balaban J connectivity index is 2.57. The van der Waals surface area contributed by atoms with Crippen LogP contribution in [-0.2, 0) is 6.42 Å². The van der Waals surface area contributed by atoms with E-state index in [2.05, 4.69) is 4.98 Å². The largest absolute Gasteiger partial charge is 0.328 e. The van der Waals surface area contributed by atoms with Crippen molar-refractivity contribution < 1.29 is 0 Å². The second-order valence-electron chi connectivity index (χ2n) is 3.91. The predicted octanol–water partition coefficient (Wildman–Crippen LogP) is 3.43. The number of pyridine rings is 1. The van der Waals surface area contributed by atoms with E-state index in [4.69, 9.17) is 28.9 Å². The quantitative estimate of drug-likeness (QED) is 0.892. The Morgan fingerprint density at radius 1 is 1.19 bits per heavy atom. The van der Waals surface area contributed by atoms with Gasteiger partial charge in [0, 0.05) is 23.5 Å². The lowest BCUT2D eigenvalue weighted by molar-refractivity contribution is 0.725. The molecule has 1 aromatic carbocycles. The van der Waals surface area contributed by atoms with E-state index in [0.717, 1.165) is 23.0 Å². The van der Waals surface area contributed by atoms with Crippen LogP contribution in [0, 0.1) is 0 Å². The first-order valence-corrected chi connectivity index (χ1v) is 5.82. The number of nitrogens with two attached hydrogens (primary N) is 1. The van der Waals surface area contributed by atoms with Gasteiger partial charge in [-0.2, -0.15) is 0 Å². The molecule has 0 aliphatic heterocycles. The SMILES string of the molecule is CC(N)Cc1ccc2c(Cl)ccc(Cl)c2n1. The van der Waals surface area contributed by atoms with E-state index in [1.807, 2.05) is 19.1 Å². The molecule has 0 bridgehead atoms. The number of hydrogen-bond donors (Lipinski definition) is 1. The summed E-state index contributed by atoms with van der Waals surface area (Å²) in [4.78, 5) is 4.48. The second-order valence-corrected chi connectivity index (χ2v) is 4.72. The Morgan fingerprint density at radius 2 is 1.88 bits per heavy atom. The number of aromatic nitrogens is 1. The van der Waals surface area contributed by atoms with E-state index in [0.29, 0.717) is 10.0 Å². The zero-order chi connectivity index (χ0) is 11.7. The first-order valence-electron chi connectivity index (χ1n) is 5.07. The average Bonchev–Trinajstić information content (AvgIpc) is 2.23. The number of fused-ring (bicyclic) bond motifs is 1. The molecule has 0 fully saturated rings. The van der Waals surface area contributed by atoms with E-state index in [9.17, 15) is 0 Å². The van der Waals surface area contributed by atoms with Crippen LogP contribution in [-0.4, -0.2) is 11.0 Å². The molecule has 0 saturated carbocycles. The summed E-state index contributed by atoms with van der Waals surface area (Å²) in [7, 11) is 0. The van der Waals surface area contributed by atoms with Crippen LogP contribution in [0.3, 0.4) is 0 Å². The predicted molar refractivity (Wildman–Crippen MR) is 69.1 cm³/mol. The highest BCUT2D eigenvalue weighted by Crippen LogP contribution is 2.28. The van der Waals surface area contributed by atoms with Crippen LogP contribution in [0.15, 0.2) is 24.3 Å². The Morgan fingerprint density at radius 3 is 2.56 bits per heavy atom. The molecule has 0 saturated heterocycles. The van der Waals surface area contributed by atoms with Crippen LogP contribution in [0.5, 0.6) is 0 Å². The third-order valence-corrected chi connectivity index (χ3v) is 2.98. The first kappa shape index (κ1) is 11.6. The molecule has 0 spiro atoms. The van der Waals surface area contributed by atoms with E-state index in [1.165, 1.54) is 0 Å². The maximum atomic E-state index is 6.09. The molecule has 0 radical (unpaired) electrons. The van der Waals surface area contributed by atoms with E-state index < -0.39 is 0 Å². The zero-order valence-corrected chi connectivity index (χ0v) is 10.4. The topological polar surface area (TPSA) is 38.9 Å². The van der Waals surface area contributed by atoms with Gasteiger partial charge in [-0.05, 0) is 31.2 Å². The average molecular weight is 255 g/mol. The molecule has 2 aromatic rings. The zero-order valence-electron chi connectivity index (χ0n) is 8.87. The Bertz CT molecular complexity index is 524. The normalized spacial score (nSPS) is 13.0. The summed E-state index contributed by atoms with van der Waals surface area (Å²) in [5.41, 5.74) is 7.42. The van der Waals surface area contributed by atoms with Crippen LogP contribution in [0.1, 0.15) is 12.6 Å². The van der Waals surface area contributed by atoms with E-state index in [1.54, 1.807) is 12.1 Å². The Labute approximate surface area is 104 Å². The fourth-order valence-electron chi connectivity index (χ4n) is 1.63. The molecule has 2 rings (SSSR count). The third-order valence-electron chi connectivity index (χ3n) is 2.34. The lowest BCUT2D eigenvalue weighted by Gasteiger charge is -2.07. The highest BCUT2D eigenvalue weighted by molar-refractivity contribution is 6.39. The van der Waals surface area contributed by atoms with Crippen LogP contribution >= 0.6 is 23.2 Å². The summed E-state index contributed by atoms with van der Waals surface area (Å²) in [5, 5.41) is 2.16. The summed E-state index contributed by atoms with van der Waals surface area (Å²) in [6, 6.07) is 7.50. The van der Waals surface area contributed by atoms with Gasteiger partial charge in [-0.25, -0.2) is 0 Å². The fourth-order valence-corrected chi connectivity index (χ4v) is 2.06. The highest BCUT2D eigenvalue weighted by Gasteiger charge is 2.07. The van der Waals surface area contributed by atoms with Crippen molar-refractivity contribution in [1.82, 2.24) is 4.98 Å². The monoisotopic (exact) mass is 254 g/mol. The van der Waals surface area contributed by atoms with Crippen molar-refractivity contribution in [3.63, 3.8) is 0 Å². The highest BCUT2D eigenvalue weighted by atomic mass is 35.5. The van der Waals surface area contributed by atoms with E-state index in [-0.39, 0.29) is 6.04 Å². The van der Waals surface area contributed by atoms with Crippen molar-refractivity contribution in [2.45, 2.75) is 19.4 Å². The molecular weight excluding hydrogens is 243 g/mol. The van der Waals surface area contributed by atoms with Crippen LogP contribution in [0.4, 0.5) is 0 Å². The molecule has 16 heavy (non-hydrogen) atoms. The van der Waals surface area contributed by atoms with Gasteiger partial charge in [-0.1, -0.05) is 23.2 Å². The van der Waals surface area contributed by atoms with Gasteiger partial charge in [0.25, 0.3) is 0 Å². The van der Waals surface area contributed by atoms with Crippen LogP contribution in [0.25, 0.3) is 10.9 Å². The third kappa shape index (κ3) is 2.29. The van der Waals surface area contributed by atoms with Gasteiger partial charge in [0.1, 0.15) is 0 Å². The number of hydrogen-bond acceptors (Lipinski definition) is 2. The molecule has 0 amide bonds. The Hall–Kier alpha value is -0.830. The molecule has 2 N–H and O–H groups in total. The van der Waals surface area contributed by atoms with Gasteiger partial charge in [0.15, 0.2) is 0 Å². The lowest BCUT2D eigenvalue weighted by Crippen LogP contribution is -2.18.